The average Bonchev–Trinajstić information content (AvgIpc) is 3.17. The van der Waals surface area contributed by atoms with Gasteiger partial charge in [-0.2, -0.15) is 0 Å². The third-order valence-electron chi connectivity index (χ3n) is 5.91. The number of ether oxygens (including phenoxy) is 1. The Morgan fingerprint density at radius 2 is 1.64 bits per heavy atom. The SMILES string of the molecule is O=C1S/C(=C\c2cc(Br)ccc2Oc2ccc([N+](=O)[O-])cc2[N+](=O)[O-])C(=O)N1Cc1cccc2ccccc12. The van der Waals surface area contributed by atoms with Crippen LogP contribution in [0.25, 0.3) is 16.8 Å². The van der Waals surface area contributed by atoms with Gasteiger partial charge < -0.3 is 4.74 Å². The molecule has 1 aliphatic rings. The van der Waals surface area contributed by atoms with Crippen LogP contribution in [-0.2, 0) is 11.3 Å². The summed E-state index contributed by atoms with van der Waals surface area (Å²) >= 11 is 4.14. The molecule has 0 spiro atoms. The summed E-state index contributed by atoms with van der Waals surface area (Å²) in [6.07, 6.45) is 1.48. The summed E-state index contributed by atoms with van der Waals surface area (Å²) in [5.74, 6) is -0.548. The molecule has 1 aliphatic heterocycles. The van der Waals surface area contributed by atoms with Crippen molar-refractivity contribution in [1.82, 2.24) is 4.90 Å². The van der Waals surface area contributed by atoms with E-state index in [1.165, 1.54) is 12.1 Å². The Morgan fingerprint density at radius 1 is 0.897 bits per heavy atom. The Bertz CT molecular complexity index is 1720. The van der Waals surface area contributed by atoms with Crippen molar-refractivity contribution in [2.24, 2.45) is 0 Å². The molecule has 10 nitrogen and oxygen atoms in total. The number of amides is 2. The molecule has 194 valence electrons. The molecule has 0 N–H and O–H groups in total. The molecule has 0 saturated carbocycles. The van der Waals surface area contributed by atoms with Crippen molar-refractivity contribution in [1.29, 1.82) is 0 Å². The van der Waals surface area contributed by atoms with E-state index in [0.29, 0.717) is 10.0 Å². The Kier molecular flexibility index (Phi) is 7.13. The van der Waals surface area contributed by atoms with Crippen molar-refractivity contribution >= 4 is 67.1 Å². The highest BCUT2D eigenvalue weighted by Crippen LogP contribution is 2.39. The van der Waals surface area contributed by atoms with E-state index in [2.05, 4.69) is 15.9 Å². The van der Waals surface area contributed by atoms with Crippen LogP contribution in [0.15, 0.2) is 88.2 Å². The van der Waals surface area contributed by atoms with Crippen LogP contribution in [0.2, 0.25) is 0 Å². The monoisotopic (exact) mass is 605 g/mol. The van der Waals surface area contributed by atoms with Gasteiger partial charge in [-0.05, 0) is 58.4 Å². The number of halogens is 1. The highest BCUT2D eigenvalue weighted by Gasteiger charge is 2.35. The molecule has 1 heterocycles. The Balaban J connectivity index is 1.46. The lowest BCUT2D eigenvalue weighted by atomic mass is 10.0. The molecule has 1 fully saturated rings. The summed E-state index contributed by atoms with van der Waals surface area (Å²) < 4.78 is 6.42. The van der Waals surface area contributed by atoms with Crippen LogP contribution in [0, 0.1) is 20.2 Å². The minimum absolute atomic E-state index is 0.0974. The first-order valence-corrected chi connectivity index (χ1v) is 12.9. The Labute approximate surface area is 233 Å². The number of carbonyl (C=O) groups is 2. The molecule has 39 heavy (non-hydrogen) atoms. The molecule has 12 heteroatoms. The van der Waals surface area contributed by atoms with E-state index in [1.54, 1.807) is 12.1 Å². The molecular formula is C27H16BrN3O7S. The third-order valence-corrected chi connectivity index (χ3v) is 7.31. The Morgan fingerprint density at radius 3 is 2.41 bits per heavy atom. The fraction of sp³-hybridized carbons (Fsp3) is 0.0370. The normalized spacial score (nSPS) is 14.3. The van der Waals surface area contributed by atoms with Gasteiger partial charge in [-0.3, -0.25) is 34.7 Å². The van der Waals surface area contributed by atoms with Crippen LogP contribution < -0.4 is 4.74 Å². The zero-order valence-electron chi connectivity index (χ0n) is 19.8. The van der Waals surface area contributed by atoms with E-state index in [9.17, 15) is 29.8 Å². The van der Waals surface area contributed by atoms with Gasteiger partial charge in [0.1, 0.15) is 5.75 Å². The number of nitro benzene ring substituents is 2. The Hall–Kier alpha value is -4.55. The minimum Gasteiger partial charge on any atom is -0.449 e. The van der Waals surface area contributed by atoms with Crippen molar-refractivity contribution in [2.75, 3.05) is 0 Å². The number of hydrogen-bond donors (Lipinski definition) is 0. The van der Waals surface area contributed by atoms with Gasteiger partial charge in [0.15, 0.2) is 0 Å². The molecule has 4 aromatic carbocycles. The van der Waals surface area contributed by atoms with Crippen molar-refractivity contribution in [3.05, 3.63) is 120 Å². The van der Waals surface area contributed by atoms with Crippen LogP contribution in [0.3, 0.4) is 0 Å². The fourth-order valence-electron chi connectivity index (χ4n) is 4.07. The fourth-order valence-corrected chi connectivity index (χ4v) is 5.28. The molecule has 0 aliphatic carbocycles. The van der Waals surface area contributed by atoms with E-state index >= 15 is 0 Å². The van der Waals surface area contributed by atoms with Gasteiger partial charge >= 0.3 is 5.69 Å². The van der Waals surface area contributed by atoms with Crippen LogP contribution in [0.5, 0.6) is 11.5 Å². The number of thioether (sulfide) groups is 1. The largest absolute Gasteiger partial charge is 0.449 e. The van der Waals surface area contributed by atoms with Gasteiger partial charge in [0.05, 0.1) is 27.4 Å². The first kappa shape index (κ1) is 26.1. The summed E-state index contributed by atoms with van der Waals surface area (Å²) in [5.41, 5.74) is 0.153. The van der Waals surface area contributed by atoms with Crippen LogP contribution >= 0.6 is 27.7 Å². The molecule has 0 aromatic heterocycles. The van der Waals surface area contributed by atoms with Crippen LogP contribution in [-0.4, -0.2) is 25.9 Å². The molecule has 1 saturated heterocycles. The summed E-state index contributed by atoms with van der Waals surface area (Å²) in [7, 11) is 0. The van der Waals surface area contributed by atoms with E-state index in [1.807, 2.05) is 42.5 Å². The number of hydrogen-bond acceptors (Lipinski definition) is 8. The first-order valence-electron chi connectivity index (χ1n) is 11.3. The predicted octanol–water partition coefficient (Wildman–Crippen LogP) is 7.45. The van der Waals surface area contributed by atoms with E-state index in [-0.39, 0.29) is 22.9 Å². The lowest BCUT2D eigenvalue weighted by Crippen LogP contribution is -2.27. The zero-order valence-corrected chi connectivity index (χ0v) is 22.2. The van der Waals surface area contributed by atoms with Gasteiger partial charge in [-0.15, -0.1) is 0 Å². The second-order valence-corrected chi connectivity index (χ2v) is 10.3. The maximum Gasteiger partial charge on any atom is 0.318 e. The minimum atomic E-state index is -0.778. The van der Waals surface area contributed by atoms with Crippen LogP contribution in [0.1, 0.15) is 11.1 Å². The standard InChI is InChI=1S/C27H16BrN3O7S/c28-19-8-10-23(38-24-11-9-20(30(34)35)14-22(24)31(36)37)18(12-19)13-25-26(32)29(27(33)39-25)15-17-6-3-5-16-4-1-2-7-21(16)17/h1-14H,15H2/b25-13-. The quantitative estimate of drug-likeness (QED) is 0.120. The number of nitro groups is 2. The van der Waals surface area contributed by atoms with E-state index in [0.717, 1.165) is 51.2 Å². The molecule has 5 rings (SSSR count). The number of carbonyl (C=O) groups excluding carboxylic acids is 2. The molecule has 0 atom stereocenters. The summed E-state index contributed by atoms with van der Waals surface area (Å²) in [5, 5.41) is 24.1. The number of nitrogens with zero attached hydrogens (tertiary/aromatic N) is 3. The van der Waals surface area contributed by atoms with Gasteiger partial charge in [0, 0.05) is 16.1 Å². The van der Waals surface area contributed by atoms with Crippen molar-refractivity contribution < 1.29 is 24.2 Å². The van der Waals surface area contributed by atoms with Gasteiger partial charge in [0.25, 0.3) is 16.8 Å². The maximum absolute atomic E-state index is 13.3. The smallest absolute Gasteiger partial charge is 0.318 e. The lowest BCUT2D eigenvalue weighted by molar-refractivity contribution is -0.394. The maximum atomic E-state index is 13.3. The number of rotatable bonds is 7. The molecule has 4 aromatic rings. The van der Waals surface area contributed by atoms with Crippen molar-refractivity contribution in [2.45, 2.75) is 6.54 Å². The molecule has 0 unspecified atom stereocenters. The lowest BCUT2D eigenvalue weighted by Gasteiger charge is -2.14. The highest BCUT2D eigenvalue weighted by molar-refractivity contribution is 9.10. The number of imide groups is 1. The van der Waals surface area contributed by atoms with Gasteiger partial charge in [0.2, 0.25) is 5.75 Å². The average molecular weight is 606 g/mol. The van der Waals surface area contributed by atoms with Gasteiger partial charge in [-0.25, -0.2) is 0 Å². The second kappa shape index (κ2) is 10.7. The molecule has 0 radical (unpaired) electrons. The van der Waals surface area contributed by atoms with Gasteiger partial charge in [-0.1, -0.05) is 58.4 Å². The van der Waals surface area contributed by atoms with E-state index < -0.39 is 32.4 Å². The third kappa shape index (κ3) is 5.38. The summed E-state index contributed by atoms with van der Waals surface area (Å²) in [6, 6.07) is 21.2. The van der Waals surface area contributed by atoms with Crippen LogP contribution in [0.4, 0.5) is 16.2 Å². The van der Waals surface area contributed by atoms with E-state index in [4.69, 9.17) is 4.74 Å². The first-order chi connectivity index (χ1) is 18.7. The number of fused-ring (bicyclic) bond motifs is 1. The molecule has 2 amide bonds. The molecular weight excluding hydrogens is 590 g/mol. The number of non-ortho nitro benzene ring substituents is 1. The molecule has 0 bridgehead atoms. The van der Waals surface area contributed by atoms with Crippen molar-refractivity contribution in [3.8, 4) is 11.5 Å². The van der Waals surface area contributed by atoms with Crippen molar-refractivity contribution in [3.63, 3.8) is 0 Å². The summed E-state index contributed by atoms with van der Waals surface area (Å²) in [6.45, 7) is 0.0974. The summed E-state index contributed by atoms with van der Waals surface area (Å²) in [4.78, 5) is 48.5. The number of benzene rings is 4. The second-order valence-electron chi connectivity index (χ2n) is 8.36. The topological polar surface area (TPSA) is 133 Å². The highest BCUT2D eigenvalue weighted by atomic mass is 79.9. The predicted molar refractivity (Wildman–Crippen MR) is 149 cm³/mol. The zero-order chi connectivity index (χ0) is 27.7.